The number of pyridine rings is 1. The van der Waals surface area contributed by atoms with E-state index in [0.29, 0.717) is 29.5 Å². The predicted octanol–water partition coefficient (Wildman–Crippen LogP) is 8.80. The molecule has 0 spiro atoms. The molecule has 0 aliphatic heterocycles. The van der Waals surface area contributed by atoms with Crippen LogP contribution in [0.2, 0.25) is 0 Å². The van der Waals surface area contributed by atoms with E-state index in [0.717, 1.165) is 52.0 Å². The van der Waals surface area contributed by atoms with Crippen molar-refractivity contribution in [2.24, 2.45) is 9.98 Å². The number of anilines is 5. The van der Waals surface area contributed by atoms with Gasteiger partial charge in [-0.25, -0.2) is 15.0 Å². The van der Waals surface area contributed by atoms with Gasteiger partial charge in [0.15, 0.2) is 5.82 Å². The molecular formula is C28H38IN8PS. The summed E-state index contributed by atoms with van der Waals surface area (Å²) in [6.07, 6.45) is 3.56. The minimum Gasteiger partial charge on any atom is -0.353 e. The van der Waals surface area contributed by atoms with Gasteiger partial charge in [-0.05, 0) is 101 Å². The number of benzene rings is 1. The minimum absolute atomic E-state index is 0.0902. The molecule has 1 unspecified atom stereocenters. The summed E-state index contributed by atoms with van der Waals surface area (Å²) in [6.45, 7) is 19.2. The van der Waals surface area contributed by atoms with Gasteiger partial charge in [0.25, 0.3) is 0 Å². The molecule has 0 fully saturated rings. The van der Waals surface area contributed by atoms with Gasteiger partial charge in [0.2, 0.25) is 0 Å². The molecule has 0 aliphatic carbocycles. The molecule has 0 bridgehead atoms. The third-order valence-corrected chi connectivity index (χ3v) is 9.51. The number of rotatable bonds is 12. The van der Waals surface area contributed by atoms with E-state index in [9.17, 15) is 0 Å². The van der Waals surface area contributed by atoms with Gasteiger partial charge < -0.3 is 15.3 Å². The fourth-order valence-corrected chi connectivity index (χ4v) is 6.60. The molecule has 2 N–H and O–H groups in total. The van der Waals surface area contributed by atoms with Crippen molar-refractivity contribution in [3.8, 4) is 0 Å². The summed E-state index contributed by atoms with van der Waals surface area (Å²) >= 11 is 4.06. The standard InChI is InChI=1S/C28H38IN8PS/c1-10-28(6,7)36-18(4)20-12-13-21(23(15-20)39-9)33-22-16-25(34-24-14-17(3)31-19(5)32-24)35-27(26(22)30-8)37(11-2)38-29/h12-16,38H,8,10-11H2,1-7,9H3,(H2,31,32,33,34,35). The smallest absolute Gasteiger partial charge is 0.162 e. The number of aryl methyl sites for hydroxylation is 2. The van der Waals surface area contributed by atoms with Crippen molar-refractivity contribution in [2.45, 2.75) is 65.3 Å². The number of hydrogen-bond acceptors (Lipinski definition) is 9. The van der Waals surface area contributed by atoms with Crippen molar-refractivity contribution in [1.82, 2.24) is 15.0 Å². The van der Waals surface area contributed by atoms with E-state index < -0.39 is 0 Å². The van der Waals surface area contributed by atoms with Gasteiger partial charge in [-0.2, -0.15) is 0 Å². The zero-order chi connectivity index (χ0) is 28.7. The summed E-state index contributed by atoms with van der Waals surface area (Å²) in [5.74, 6) is 2.83. The van der Waals surface area contributed by atoms with Crippen molar-refractivity contribution in [3.05, 3.63) is 47.4 Å². The first-order chi connectivity index (χ1) is 18.5. The van der Waals surface area contributed by atoms with E-state index in [1.165, 1.54) is 0 Å². The summed E-state index contributed by atoms with van der Waals surface area (Å²) in [6, 6.07) is 10.3. The predicted molar refractivity (Wildman–Crippen MR) is 182 cm³/mol. The molecule has 3 aromatic rings. The number of nitrogens with zero attached hydrogens (tertiary/aromatic N) is 6. The Balaban J connectivity index is 2.09. The molecule has 0 radical (unpaired) electrons. The van der Waals surface area contributed by atoms with Gasteiger partial charge in [-0.1, -0.05) is 13.0 Å². The van der Waals surface area contributed by atoms with Crippen LogP contribution in [0.15, 0.2) is 45.2 Å². The SMILES string of the molecule is C=Nc1c(Nc2ccc(C(C)=NC(C)(C)CC)cc2SC)cc(Nc2cc(C)nc(C)n2)nc1N(CC)PI. The Hall–Kier alpha value is -2.30. The Bertz CT molecular complexity index is 1340. The molecule has 208 valence electrons. The van der Waals surface area contributed by atoms with Crippen LogP contribution in [0.4, 0.5) is 34.5 Å². The number of hydrogen-bond donors (Lipinski definition) is 2. The van der Waals surface area contributed by atoms with E-state index in [2.05, 4.69) is 118 Å². The lowest BCUT2D eigenvalue weighted by molar-refractivity contribution is 0.505. The highest BCUT2D eigenvalue weighted by Crippen LogP contribution is 2.44. The van der Waals surface area contributed by atoms with Crippen LogP contribution in [-0.2, 0) is 0 Å². The lowest BCUT2D eigenvalue weighted by Crippen LogP contribution is -2.17. The minimum atomic E-state index is -0.0902. The Morgan fingerprint density at radius 2 is 1.79 bits per heavy atom. The van der Waals surface area contributed by atoms with Crippen LogP contribution in [-0.4, -0.2) is 45.7 Å². The number of nitrogens with one attached hydrogen (secondary N) is 2. The number of aliphatic imine (C=N–C) groups is 2. The third-order valence-electron chi connectivity index (χ3n) is 6.25. The molecule has 0 saturated carbocycles. The molecule has 0 saturated heterocycles. The largest absolute Gasteiger partial charge is 0.353 e. The Kier molecular flexibility index (Phi) is 11.1. The van der Waals surface area contributed by atoms with E-state index >= 15 is 0 Å². The first-order valence-electron chi connectivity index (χ1n) is 12.8. The highest BCUT2D eigenvalue weighted by molar-refractivity contribution is 14.2. The highest BCUT2D eigenvalue weighted by Gasteiger charge is 2.19. The normalized spacial score (nSPS) is 12.2. The molecule has 2 aromatic heterocycles. The Labute approximate surface area is 251 Å². The van der Waals surface area contributed by atoms with Crippen LogP contribution in [0.3, 0.4) is 0 Å². The first-order valence-corrected chi connectivity index (χ1v) is 18.1. The summed E-state index contributed by atoms with van der Waals surface area (Å²) in [7, 11) is 0. The molecule has 11 heteroatoms. The fourth-order valence-electron chi connectivity index (χ4n) is 3.95. The van der Waals surface area contributed by atoms with Crippen molar-refractivity contribution in [1.29, 1.82) is 0 Å². The summed E-state index contributed by atoms with van der Waals surface area (Å²) in [4.78, 5) is 24.3. The van der Waals surface area contributed by atoms with Gasteiger partial charge >= 0.3 is 0 Å². The average Bonchev–Trinajstić information content (AvgIpc) is 2.88. The molecule has 1 atom stereocenters. The van der Waals surface area contributed by atoms with Crippen LogP contribution < -0.4 is 15.3 Å². The molecule has 3 rings (SSSR count). The van der Waals surface area contributed by atoms with Crippen molar-refractivity contribution in [3.63, 3.8) is 0 Å². The van der Waals surface area contributed by atoms with Crippen molar-refractivity contribution < 1.29 is 0 Å². The van der Waals surface area contributed by atoms with Gasteiger partial charge in [0.1, 0.15) is 23.1 Å². The second kappa shape index (κ2) is 13.9. The molecule has 8 nitrogen and oxygen atoms in total. The third kappa shape index (κ3) is 8.11. The maximum Gasteiger partial charge on any atom is 0.162 e. The van der Waals surface area contributed by atoms with E-state index in [1.54, 1.807) is 11.8 Å². The van der Waals surface area contributed by atoms with Crippen molar-refractivity contribution >= 4 is 87.1 Å². The second-order valence-electron chi connectivity index (χ2n) is 9.68. The molecule has 1 aromatic carbocycles. The highest BCUT2D eigenvalue weighted by atomic mass is 127. The van der Waals surface area contributed by atoms with Crippen molar-refractivity contribution in [2.75, 3.05) is 28.1 Å². The lowest BCUT2D eigenvalue weighted by Gasteiger charge is -2.24. The topological polar surface area (TPSA) is 90.7 Å². The quantitative estimate of drug-likeness (QED) is 0.0858. The van der Waals surface area contributed by atoms with Crippen LogP contribution in [0.5, 0.6) is 0 Å². The van der Waals surface area contributed by atoms with Crippen LogP contribution in [0.25, 0.3) is 0 Å². The molecule has 2 heterocycles. The van der Waals surface area contributed by atoms with E-state index in [-0.39, 0.29) is 5.54 Å². The van der Waals surface area contributed by atoms with Gasteiger partial charge in [-0.15, -0.1) is 11.8 Å². The first kappa shape index (κ1) is 31.2. The van der Waals surface area contributed by atoms with Crippen LogP contribution >= 0.6 is 40.2 Å². The number of thioether (sulfide) groups is 1. The molecule has 0 aliphatic rings. The number of aromatic nitrogens is 3. The zero-order valence-electron chi connectivity index (χ0n) is 24.0. The summed E-state index contributed by atoms with van der Waals surface area (Å²) in [5.41, 5.74) is 5.45. The molecule has 0 amide bonds. The van der Waals surface area contributed by atoms with E-state index in [4.69, 9.17) is 9.98 Å². The lowest BCUT2D eigenvalue weighted by atomic mass is 10.0. The van der Waals surface area contributed by atoms with Gasteiger partial charge in [0.05, 0.1) is 16.9 Å². The fraction of sp³-hybridized carbons (Fsp3) is 0.393. The monoisotopic (exact) mass is 676 g/mol. The average molecular weight is 677 g/mol. The Morgan fingerprint density at radius 3 is 2.38 bits per heavy atom. The van der Waals surface area contributed by atoms with Gasteiger partial charge in [-0.3, -0.25) is 9.98 Å². The maximum atomic E-state index is 4.96. The van der Waals surface area contributed by atoms with Gasteiger partial charge in [0, 0.05) is 41.4 Å². The molecule has 39 heavy (non-hydrogen) atoms. The molecular weight excluding hydrogens is 638 g/mol. The second-order valence-corrected chi connectivity index (χ2v) is 12.7. The maximum absolute atomic E-state index is 4.96. The van der Waals surface area contributed by atoms with Crippen LogP contribution in [0, 0.1) is 13.8 Å². The Morgan fingerprint density at radius 1 is 1.08 bits per heavy atom. The van der Waals surface area contributed by atoms with E-state index in [1.807, 2.05) is 26.0 Å². The summed E-state index contributed by atoms with van der Waals surface area (Å²) in [5, 5.41) is 7.00. The number of halogens is 1. The van der Waals surface area contributed by atoms with Crippen LogP contribution in [0.1, 0.15) is 58.1 Å². The summed E-state index contributed by atoms with van der Waals surface area (Å²) < 4.78 is 2.19. The zero-order valence-corrected chi connectivity index (χ0v) is 28.0.